The van der Waals surface area contributed by atoms with E-state index in [1.807, 2.05) is 0 Å². The summed E-state index contributed by atoms with van der Waals surface area (Å²) in [6.07, 6.45) is 4.88. The van der Waals surface area contributed by atoms with Gasteiger partial charge in [-0.15, -0.1) is 0 Å². The van der Waals surface area contributed by atoms with Crippen LogP contribution in [0.15, 0.2) is 42.5 Å². The first-order chi connectivity index (χ1) is 19.3. The molecule has 0 spiro atoms. The van der Waals surface area contributed by atoms with Gasteiger partial charge in [0.25, 0.3) is 0 Å². The van der Waals surface area contributed by atoms with Crippen LogP contribution in [0.5, 0.6) is 11.5 Å². The Balaban J connectivity index is 1.53. The number of benzene rings is 2. The summed E-state index contributed by atoms with van der Waals surface area (Å²) < 4.78 is 14.3. The number of ether oxygens (including phenoxy) is 2. The van der Waals surface area contributed by atoms with Crippen LogP contribution in [0.3, 0.4) is 0 Å². The standard InChI is InChI=1S/C34H48N4O2/c1-6-7-18-38-30(29(23-36-16-10-11-17-36)35-33(38)28-13-9-8-12-26(28)2)24-37(25-34(3,4)5)22-27-14-15-31-32(21-27)40-20-19-39-31/h8-9,12-15,21H,6-7,10-11,16-20,22-25H2,1-5H3. The van der Waals surface area contributed by atoms with E-state index in [1.165, 1.54) is 54.0 Å². The smallest absolute Gasteiger partial charge is 0.161 e. The number of aryl methyl sites for hydroxylation is 1. The molecule has 40 heavy (non-hydrogen) atoms. The second-order valence-corrected chi connectivity index (χ2v) is 12.8. The summed E-state index contributed by atoms with van der Waals surface area (Å²) in [5, 5.41) is 0. The van der Waals surface area contributed by atoms with E-state index in [0.717, 1.165) is 62.9 Å². The molecule has 1 saturated heterocycles. The number of likely N-dealkylation sites (tertiary alicyclic amines) is 1. The number of imidazole rings is 1. The van der Waals surface area contributed by atoms with Crippen molar-refractivity contribution in [2.24, 2.45) is 5.41 Å². The van der Waals surface area contributed by atoms with Crippen molar-refractivity contribution in [1.82, 2.24) is 19.4 Å². The predicted octanol–water partition coefficient (Wildman–Crippen LogP) is 7.07. The number of unbranched alkanes of at least 4 members (excludes halogenated alkanes) is 1. The Morgan fingerprint density at radius 1 is 0.950 bits per heavy atom. The van der Waals surface area contributed by atoms with Crippen LogP contribution in [0.1, 0.15) is 75.9 Å². The van der Waals surface area contributed by atoms with Crippen molar-refractivity contribution in [2.75, 3.05) is 32.8 Å². The van der Waals surface area contributed by atoms with Crippen molar-refractivity contribution in [3.05, 3.63) is 65.0 Å². The molecule has 6 nitrogen and oxygen atoms in total. The van der Waals surface area contributed by atoms with Gasteiger partial charge in [-0.3, -0.25) is 9.80 Å². The molecule has 0 aliphatic carbocycles. The van der Waals surface area contributed by atoms with Crippen LogP contribution >= 0.6 is 0 Å². The lowest BCUT2D eigenvalue weighted by atomic mass is 9.95. The van der Waals surface area contributed by atoms with Gasteiger partial charge in [0.05, 0.1) is 11.4 Å². The zero-order valence-corrected chi connectivity index (χ0v) is 25.3. The summed E-state index contributed by atoms with van der Waals surface area (Å²) in [4.78, 5) is 10.6. The van der Waals surface area contributed by atoms with E-state index < -0.39 is 0 Å². The Kier molecular flexibility index (Phi) is 9.17. The lowest BCUT2D eigenvalue weighted by Crippen LogP contribution is -2.33. The van der Waals surface area contributed by atoms with Crippen molar-refractivity contribution in [3.63, 3.8) is 0 Å². The molecule has 0 amide bonds. The number of aromatic nitrogens is 2. The number of hydrogen-bond donors (Lipinski definition) is 0. The highest BCUT2D eigenvalue weighted by molar-refractivity contribution is 5.61. The minimum absolute atomic E-state index is 0.163. The van der Waals surface area contributed by atoms with Crippen molar-refractivity contribution >= 4 is 0 Å². The zero-order valence-electron chi connectivity index (χ0n) is 25.3. The van der Waals surface area contributed by atoms with Crippen LogP contribution in [0.25, 0.3) is 11.4 Å². The third-order valence-corrected chi connectivity index (χ3v) is 7.93. The highest BCUT2D eigenvalue weighted by atomic mass is 16.6. The van der Waals surface area contributed by atoms with Crippen molar-refractivity contribution < 1.29 is 9.47 Å². The Morgan fingerprint density at radius 3 is 2.42 bits per heavy atom. The Morgan fingerprint density at radius 2 is 1.70 bits per heavy atom. The molecule has 3 heterocycles. The molecule has 0 N–H and O–H groups in total. The first-order valence-corrected chi connectivity index (χ1v) is 15.3. The number of nitrogens with zero attached hydrogens (tertiary/aromatic N) is 4. The van der Waals surface area contributed by atoms with Gasteiger partial charge in [0.15, 0.2) is 11.5 Å². The third-order valence-electron chi connectivity index (χ3n) is 7.93. The van der Waals surface area contributed by atoms with Crippen molar-refractivity contribution in [2.45, 2.75) is 86.5 Å². The van der Waals surface area contributed by atoms with Crippen LogP contribution in [0.2, 0.25) is 0 Å². The molecule has 2 aliphatic rings. The van der Waals surface area contributed by atoms with E-state index in [9.17, 15) is 0 Å². The van der Waals surface area contributed by atoms with Crippen LogP contribution in [0.4, 0.5) is 0 Å². The number of hydrogen-bond acceptors (Lipinski definition) is 5. The maximum atomic E-state index is 5.92. The molecule has 5 rings (SSSR count). The first-order valence-electron chi connectivity index (χ1n) is 15.3. The van der Waals surface area contributed by atoms with Gasteiger partial charge in [-0.1, -0.05) is 64.4 Å². The largest absolute Gasteiger partial charge is 0.486 e. The summed E-state index contributed by atoms with van der Waals surface area (Å²) in [5.74, 6) is 2.85. The minimum Gasteiger partial charge on any atom is -0.486 e. The molecule has 0 unspecified atom stereocenters. The van der Waals surface area contributed by atoms with Gasteiger partial charge in [0.2, 0.25) is 0 Å². The normalized spacial score (nSPS) is 15.8. The highest BCUT2D eigenvalue weighted by Gasteiger charge is 2.26. The van der Waals surface area contributed by atoms with Gasteiger partial charge in [-0.05, 0) is 68.0 Å². The van der Waals surface area contributed by atoms with Gasteiger partial charge >= 0.3 is 0 Å². The second-order valence-electron chi connectivity index (χ2n) is 12.8. The maximum absolute atomic E-state index is 5.92. The summed E-state index contributed by atoms with van der Waals surface area (Å²) in [5.41, 5.74) is 6.58. The van der Waals surface area contributed by atoms with E-state index in [2.05, 4.69) is 91.5 Å². The highest BCUT2D eigenvalue weighted by Crippen LogP contribution is 2.33. The Bertz CT molecular complexity index is 1270. The average molecular weight is 545 g/mol. The predicted molar refractivity (Wildman–Crippen MR) is 163 cm³/mol. The lowest BCUT2D eigenvalue weighted by Gasteiger charge is -2.31. The van der Waals surface area contributed by atoms with Crippen molar-refractivity contribution in [1.29, 1.82) is 0 Å². The number of fused-ring (bicyclic) bond motifs is 1. The molecule has 2 aliphatic heterocycles. The van der Waals surface area contributed by atoms with Crippen LogP contribution in [-0.4, -0.2) is 52.2 Å². The van der Waals surface area contributed by atoms with E-state index in [1.54, 1.807) is 0 Å². The monoisotopic (exact) mass is 544 g/mol. The van der Waals surface area contributed by atoms with Crippen LogP contribution in [0, 0.1) is 12.3 Å². The van der Waals surface area contributed by atoms with Gasteiger partial charge in [0, 0.05) is 38.3 Å². The van der Waals surface area contributed by atoms with Gasteiger partial charge < -0.3 is 14.0 Å². The molecular weight excluding hydrogens is 496 g/mol. The van der Waals surface area contributed by atoms with Gasteiger partial charge in [-0.25, -0.2) is 4.98 Å². The SMILES string of the molecule is CCCCn1c(-c2ccccc2C)nc(CN2CCCC2)c1CN(Cc1ccc2c(c1)OCCO2)CC(C)(C)C. The topological polar surface area (TPSA) is 42.8 Å². The molecule has 3 aromatic rings. The van der Waals surface area contributed by atoms with Gasteiger partial charge in [0.1, 0.15) is 19.0 Å². The fourth-order valence-electron chi connectivity index (χ4n) is 6.07. The summed E-state index contributed by atoms with van der Waals surface area (Å²) in [6.45, 7) is 19.7. The molecule has 1 fully saturated rings. The minimum atomic E-state index is 0.163. The summed E-state index contributed by atoms with van der Waals surface area (Å²) in [6, 6.07) is 15.2. The van der Waals surface area contributed by atoms with Crippen molar-refractivity contribution in [3.8, 4) is 22.9 Å². The third kappa shape index (κ3) is 7.08. The first kappa shape index (κ1) is 28.7. The lowest BCUT2D eigenvalue weighted by molar-refractivity contribution is 0.165. The molecule has 0 bridgehead atoms. The molecule has 0 saturated carbocycles. The molecule has 0 radical (unpaired) electrons. The molecule has 216 valence electrons. The zero-order chi connectivity index (χ0) is 28.1. The molecule has 0 atom stereocenters. The average Bonchev–Trinajstić information content (AvgIpc) is 3.55. The van der Waals surface area contributed by atoms with E-state index in [4.69, 9.17) is 14.5 Å². The maximum Gasteiger partial charge on any atom is 0.161 e. The fourth-order valence-corrected chi connectivity index (χ4v) is 6.07. The van der Waals surface area contributed by atoms with Gasteiger partial charge in [-0.2, -0.15) is 0 Å². The Hall–Kier alpha value is -2.83. The van der Waals surface area contributed by atoms with E-state index >= 15 is 0 Å². The van der Waals surface area contributed by atoms with E-state index in [-0.39, 0.29) is 5.41 Å². The summed E-state index contributed by atoms with van der Waals surface area (Å²) >= 11 is 0. The molecule has 6 heteroatoms. The second kappa shape index (κ2) is 12.8. The molecular formula is C34H48N4O2. The quantitative estimate of drug-likeness (QED) is 0.258. The molecule has 2 aromatic carbocycles. The Labute approximate surface area is 241 Å². The van der Waals surface area contributed by atoms with Crippen LogP contribution < -0.4 is 9.47 Å². The summed E-state index contributed by atoms with van der Waals surface area (Å²) in [7, 11) is 0. The fraction of sp³-hybridized carbons (Fsp3) is 0.559. The van der Waals surface area contributed by atoms with Crippen LogP contribution in [-0.2, 0) is 26.2 Å². The number of rotatable bonds is 11. The molecule has 1 aromatic heterocycles. The van der Waals surface area contributed by atoms with E-state index in [0.29, 0.717) is 13.2 Å².